The van der Waals surface area contributed by atoms with Crippen LogP contribution in [-0.4, -0.2) is 54.6 Å². The van der Waals surface area contributed by atoms with E-state index in [-0.39, 0.29) is 22.9 Å². The Labute approximate surface area is 170 Å². The third-order valence-electron chi connectivity index (χ3n) is 4.47. The second-order valence-corrected chi connectivity index (χ2v) is 8.19. The van der Waals surface area contributed by atoms with Gasteiger partial charge >= 0.3 is 6.09 Å². The third kappa shape index (κ3) is 5.86. The first-order valence-electron chi connectivity index (χ1n) is 9.42. The van der Waals surface area contributed by atoms with Crippen molar-refractivity contribution in [3.05, 3.63) is 34.3 Å². The minimum atomic E-state index is -0.545. The molecule has 0 bridgehead atoms. The van der Waals surface area contributed by atoms with E-state index in [1.165, 1.54) is 13.1 Å². The number of rotatable bonds is 5. The number of hydrogen-bond acceptors (Lipinski definition) is 4. The van der Waals surface area contributed by atoms with Crippen molar-refractivity contribution >= 4 is 29.5 Å². The molecule has 2 rings (SSSR count). The maximum Gasteiger partial charge on any atom is 0.407 e. The lowest BCUT2D eigenvalue weighted by molar-refractivity contribution is 0.0523. The first-order chi connectivity index (χ1) is 13.1. The summed E-state index contributed by atoms with van der Waals surface area (Å²) in [6.07, 6.45) is 1.95. The number of benzene rings is 1. The molecule has 1 fully saturated rings. The summed E-state index contributed by atoms with van der Waals surface area (Å²) in [7, 11) is 1.54. The summed E-state index contributed by atoms with van der Waals surface area (Å²) >= 11 is 6.26. The van der Waals surface area contributed by atoms with Gasteiger partial charge in [0, 0.05) is 31.7 Å². The van der Waals surface area contributed by atoms with Crippen molar-refractivity contribution in [1.29, 1.82) is 0 Å². The zero-order valence-electron chi connectivity index (χ0n) is 16.8. The molecule has 0 spiro atoms. The number of hydrogen-bond donors (Lipinski definition) is 2. The second-order valence-electron chi connectivity index (χ2n) is 7.79. The Morgan fingerprint density at radius 1 is 1.29 bits per heavy atom. The van der Waals surface area contributed by atoms with Crippen LogP contribution in [0.3, 0.4) is 0 Å². The van der Waals surface area contributed by atoms with Gasteiger partial charge in [0.1, 0.15) is 5.60 Å². The molecule has 2 N–H and O–H groups in total. The Morgan fingerprint density at radius 3 is 2.61 bits per heavy atom. The molecule has 0 aromatic heterocycles. The van der Waals surface area contributed by atoms with Crippen molar-refractivity contribution in [2.75, 3.05) is 20.1 Å². The molecule has 1 heterocycles. The largest absolute Gasteiger partial charge is 0.444 e. The van der Waals surface area contributed by atoms with Gasteiger partial charge in [-0.2, -0.15) is 0 Å². The Kier molecular flexibility index (Phi) is 7.29. The van der Waals surface area contributed by atoms with Gasteiger partial charge in [0.25, 0.3) is 11.8 Å². The summed E-state index contributed by atoms with van der Waals surface area (Å²) in [4.78, 5) is 38.2. The number of halogens is 1. The van der Waals surface area contributed by atoms with E-state index in [1.807, 2.05) is 20.8 Å². The summed E-state index contributed by atoms with van der Waals surface area (Å²) in [6.45, 7) is 6.49. The fourth-order valence-corrected chi connectivity index (χ4v) is 3.45. The van der Waals surface area contributed by atoms with Crippen LogP contribution in [0.4, 0.5) is 4.79 Å². The number of alkyl carbamates (subject to hydrolysis) is 1. The average molecular weight is 410 g/mol. The molecule has 0 radical (unpaired) electrons. The van der Waals surface area contributed by atoms with Gasteiger partial charge in [0.2, 0.25) is 0 Å². The molecule has 0 saturated carbocycles. The molecule has 154 valence electrons. The summed E-state index contributed by atoms with van der Waals surface area (Å²) in [5, 5.41) is 5.51. The smallest absolute Gasteiger partial charge is 0.407 e. The number of ether oxygens (including phenoxy) is 1. The minimum Gasteiger partial charge on any atom is -0.444 e. The molecule has 1 aromatic carbocycles. The quantitative estimate of drug-likeness (QED) is 0.781. The normalized spacial score (nSPS) is 16.6. The number of amides is 3. The standard InChI is InChI=1S/C20H28ClN3O4/c1-20(2,3)28-19(27)23-10-9-14-6-5-11-24(14)18(26)15-8-7-13(12-16(15)21)17(25)22-4/h7-8,12,14H,5-6,9-11H2,1-4H3,(H,22,25)(H,23,27)/t14-/m1/s1. The summed E-state index contributed by atoms with van der Waals surface area (Å²) in [5.41, 5.74) is 0.238. The van der Waals surface area contributed by atoms with Crippen LogP contribution in [0.2, 0.25) is 5.02 Å². The molecule has 1 aliphatic heterocycles. The molecule has 28 heavy (non-hydrogen) atoms. The van der Waals surface area contributed by atoms with Gasteiger partial charge in [-0.25, -0.2) is 4.79 Å². The lowest BCUT2D eigenvalue weighted by Crippen LogP contribution is -2.39. The van der Waals surface area contributed by atoms with Crippen LogP contribution in [-0.2, 0) is 4.74 Å². The topological polar surface area (TPSA) is 87.7 Å². The third-order valence-corrected chi connectivity index (χ3v) is 4.79. The fourth-order valence-electron chi connectivity index (χ4n) is 3.19. The van der Waals surface area contributed by atoms with Crippen LogP contribution in [0.1, 0.15) is 60.7 Å². The predicted octanol–water partition coefficient (Wildman–Crippen LogP) is 3.22. The van der Waals surface area contributed by atoms with E-state index in [4.69, 9.17) is 16.3 Å². The van der Waals surface area contributed by atoms with Gasteiger partial charge in [-0.1, -0.05) is 11.6 Å². The lowest BCUT2D eigenvalue weighted by atomic mass is 10.1. The van der Waals surface area contributed by atoms with Crippen molar-refractivity contribution in [3.63, 3.8) is 0 Å². The molecule has 0 aliphatic carbocycles. The highest BCUT2D eigenvalue weighted by atomic mass is 35.5. The monoisotopic (exact) mass is 409 g/mol. The minimum absolute atomic E-state index is 0.0251. The Morgan fingerprint density at radius 2 is 2.00 bits per heavy atom. The number of likely N-dealkylation sites (tertiary alicyclic amines) is 1. The van der Waals surface area contributed by atoms with Crippen molar-refractivity contribution in [2.45, 2.75) is 51.7 Å². The van der Waals surface area contributed by atoms with Crippen LogP contribution in [0, 0.1) is 0 Å². The first kappa shape index (κ1) is 22.0. The van der Waals surface area contributed by atoms with Crippen molar-refractivity contribution < 1.29 is 19.1 Å². The zero-order chi connectivity index (χ0) is 20.9. The molecule has 7 nitrogen and oxygen atoms in total. The molecular weight excluding hydrogens is 382 g/mol. The van der Waals surface area contributed by atoms with Crippen LogP contribution in [0.5, 0.6) is 0 Å². The second kappa shape index (κ2) is 9.28. The van der Waals surface area contributed by atoms with Gasteiger partial charge in [0.05, 0.1) is 10.6 Å². The van der Waals surface area contributed by atoms with E-state index in [9.17, 15) is 14.4 Å². The van der Waals surface area contributed by atoms with Crippen molar-refractivity contribution in [3.8, 4) is 0 Å². The molecule has 1 saturated heterocycles. The molecule has 8 heteroatoms. The average Bonchev–Trinajstić information content (AvgIpc) is 3.07. The van der Waals surface area contributed by atoms with E-state index in [0.717, 1.165) is 12.8 Å². The first-order valence-corrected chi connectivity index (χ1v) is 9.79. The summed E-state index contributed by atoms with van der Waals surface area (Å²) in [5.74, 6) is -0.415. The molecular formula is C20H28ClN3O4. The highest BCUT2D eigenvalue weighted by Crippen LogP contribution is 2.26. The Hall–Kier alpha value is -2.28. The molecule has 1 aromatic rings. The van der Waals surface area contributed by atoms with E-state index in [0.29, 0.717) is 30.6 Å². The Bertz CT molecular complexity index is 745. The van der Waals surface area contributed by atoms with E-state index >= 15 is 0 Å². The number of nitrogens with zero attached hydrogens (tertiary/aromatic N) is 1. The number of carbonyl (C=O) groups excluding carboxylic acids is 3. The number of nitrogens with one attached hydrogen (secondary N) is 2. The summed E-state index contributed by atoms with van der Waals surface area (Å²) in [6, 6.07) is 4.71. The van der Waals surface area contributed by atoms with Crippen molar-refractivity contribution in [2.24, 2.45) is 0 Å². The van der Waals surface area contributed by atoms with Gasteiger partial charge in [-0.15, -0.1) is 0 Å². The summed E-state index contributed by atoms with van der Waals surface area (Å²) < 4.78 is 5.22. The van der Waals surface area contributed by atoms with Crippen LogP contribution in [0.25, 0.3) is 0 Å². The van der Waals surface area contributed by atoms with E-state index in [2.05, 4.69) is 10.6 Å². The van der Waals surface area contributed by atoms with Crippen LogP contribution >= 0.6 is 11.6 Å². The predicted molar refractivity (Wildman–Crippen MR) is 108 cm³/mol. The van der Waals surface area contributed by atoms with E-state index in [1.54, 1.807) is 17.0 Å². The van der Waals surface area contributed by atoms with Gasteiger partial charge in [-0.05, 0) is 58.2 Å². The fraction of sp³-hybridized carbons (Fsp3) is 0.550. The SMILES string of the molecule is CNC(=O)c1ccc(C(=O)N2CCC[C@@H]2CCNC(=O)OC(C)(C)C)c(Cl)c1. The molecule has 0 unspecified atom stereocenters. The van der Waals surface area contributed by atoms with Crippen molar-refractivity contribution in [1.82, 2.24) is 15.5 Å². The number of carbonyl (C=O) groups is 3. The molecule has 1 atom stereocenters. The lowest BCUT2D eigenvalue weighted by Gasteiger charge is -2.26. The van der Waals surface area contributed by atoms with Gasteiger partial charge in [-0.3, -0.25) is 9.59 Å². The van der Waals surface area contributed by atoms with Gasteiger partial charge in [0.15, 0.2) is 0 Å². The maximum atomic E-state index is 12.9. The molecule has 3 amide bonds. The maximum absolute atomic E-state index is 12.9. The highest BCUT2D eigenvalue weighted by molar-refractivity contribution is 6.34. The van der Waals surface area contributed by atoms with Crippen LogP contribution < -0.4 is 10.6 Å². The van der Waals surface area contributed by atoms with E-state index < -0.39 is 11.7 Å². The molecule has 1 aliphatic rings. The van der Waals surface area contributed by atoms with Crippen LogP contribution in [0.15, 0.2) is 18.2 Å². The highest BCUT2D eigenvalue weighted by Gasteiger charge is 2.30. The Balaban J connectivity index is 1.97. The van der Waals surface area contributed by atoms with Gasteiger partial charge < -0.3 is 20.3 Å². The zero-order valence-corrected chi connectivity index (χ0v) is 17.6.